The number of rotatable bonds is 11. The molecule has 1 aliphatic carbocycles. The van der Waals surface area contributed by atoms with Gasteiger partial charge in [0.1, 0.15) is 17.4 Å². The van der Waals surface area contributed by atoms with Gasteiger partial charge >= 0.3 is 5.97 Å². The Kier molecular flexibility index (Phi) is 7.87. The molecule has 2 heterocycles. The highest BCUT2D eigenvalue weighted by Gasteiger charge is 2.54. The highest BCUT2D eigenvalue weighted by Crippen LogP contribution is 2.57. The Labute approximate surface area is 240 Å². The van der Waals surface area contributed by atoms with E-state index in [1.165, 1.54) is 18.3 Å². The number of anilines is 1. The summed E-state index contributed by atoms with van der Waals surface area (Å²) < 4.78 is 34.4. The summed E-state index contributed by atoms with van der Waals surface area (Å²) in [4.78, 5) is 17.4. The molecule has 8 nitrogen and oxygen atoms in total. The summed E-state index contributed by atoms with van der Waals surface area (Å²) in [5.41, 5.74) is 1.71. The number of pyridine rings is 1. The standard InChI is InChI=1S/C32H33N3O5S/c1-2-14-32(15-13-23-7-4-3-5-8-23)20-27(36)29(30(37)40-32)31(16-17-31)19-24-9-6-10-26(18-24)35-41(38,39)28-12-11-25(21-33)22-34-28/h3-12,18,22,35-36H,2,13-17,19-20H2,1H3. The van der Waals surface area contributed by atoms with E-state index in [0.29, 0.717) is 36.9 Å². The van der Waals surface area contributed by atoms with E-state index < -0.39 is 27.0 Å². The SMILES string of the molecule is CCCC1(CCc2ccccc2)CC(O)=C(C2(Cc3cccc(NS(=O)(=O)c4ccc(C#N)cn4)c3)CC2)C(=O)O1. The number of nitrogens with zero attached hydrogens (tertiary/aromatic N) is 2. The fraction of sp³-hybridized carbons (Fsp3) is 0.344. The Hall–Kier alpha value is -4.16. The van der Waals surface area contributed by atoms with Gasteiger partial charge in [0.15, 0.2) is 5.03 Å². The number of nitriles is 1. The number of ether oxygens (including phenoxy) is 1. The molecule has 1 fully saturated rings. The van der Waals surface area contributed by atoms with E-state index >= 15 is 0 Å². The van der Waals surface area contributed by atoms with E-state index in [-0.39, 0.29) is 16.3 Å². The number of hydrogen-bond acceptors (Lipinski definition) is 7. The number of sulfonamides is 1. The van der Waals surface area contributed by atoms with Gasteiger partial charge in [0, 0.05) is 23.7 Å². The molecule has 212 valence electrons. The van der Waals surface area contributed by atoms with Crippen LogP contribution in [0.4, 0.5) is 5.69 Å². The van der Waals surface area contributed by atoms with Crippen LogP contribution in [0.2, 0.25) is 0 Å². The van der Waals surface area contributed by atoms with Gasteiger partial charge in [0.05, 0.1) is 11.1 Å². The van der Waals surface area contributed by atoms with Crippen molar-refractivity contribution in [2.75, 3.05) is 4.72 Å². The van der Waals surface area contributed by atoms with Crippen molar-refractivity contribution in [3.05, 3.63) is 101 Å². The number of carbonyl (C=O) groups excluding carboxylic acids is 1. The molecule has 9 heteroatoms. The van der Waals surface area contributed by atoms with E-state index in [1.54, 1.807) is 18.2 Å². The van der Waals surface area contributed by atoms with Crippen LogP contribution in [0.15, 0.2) is 89.3 Å². The number of hydrogen-bond donors (Lipinski definition) is 2. The van der Waals surface area contributed by atoms with Crippen LogP contribution in [-0.2, 0) is 32.4 Å². The second-order valence-corrected chi connectivity index (χ2v) is 12.7. The van der Waals surface area contributed by atoms with Crippen molar-refractivity contribution in [2.24, 2.45) is 5.41 Å². The zero-order chi connectivity index (χ0) is 29.1. The van der Waals surface area contributed by atoms with Crippen molar-refractivity contribution in [1.82, 2.24) is 4.98 Å². The van der Waals surface area contributed by atoms with Gasteiger partial charge in [0.2, 0.25) is 0 Å². The minimum atomic E-state index is -3.96. The highest BCUT2D eigenvalue weighted by atomic mass is 32.2. The number of aliphatic hydroxyl groups is 1. The monoisotopic (exact) mass is 571 g/mol. The van der Waals surface area contributed by atoms with Crippen molar-refractivity contribution in [3.8, 4) is 6.07 Å². The molecule has 41 heavy (non-hydrogen) atoms. The fourth-order valence-corrected chi connectivity index (χ4v) is 6.79. The number of cyclic esters (lactones) is 1. The Morgan fingerprint density at radius 3 is 2.44 bits per heavy atom. The molecule has 1 unspecified atom stereocenters. The quantitative estimate of drug-likeness (QED) is 0.270. The van der Waals surface area contributed by atoms with Gasteiger partial charge < -0.3 is 9.84 Å². The second-order valence-electron chi connectivity index (χ2n) is 11.1. The lowest BCUT2D eigenvalue weighted by Crippen LogP contribution is -2.42. The smallest absolute Gasteiger partial charge is 0.338 e. The average Bonchev–Trinajstić information content (AvgIpc) is 3.72. The van der Waals surface area contributed by atoms with Gasteiger partial charge in [-0.2, -0.15) is 13.7 Å². The molecule has 3 aromatic rings. The van der Waals surface area contributed by atoms with Gasteiger partial charge in [-0.15, -0.1) is 0 Å². The molecular weight excluding hydrogens is 538 g/mol. The first-order valence-corrected chi connectivity index (χ1v) is 15.3. The van der Waals surface area contributed by atoms with Gasteiger partial charge in [-0.3, -0.25) is 4.72 Å². The normalized spacial score (nSPS) is 19.8. The molecule has 2 aromatic carbocycles. The van der Waals surface area contributed by atoms with Crippen LogP contribution in [0.5, 0.6) is 0 Å². The molecule has 1 atom stereocenters. The minimum absolute atomic E-state index is 0.115. The van der Waals surface area contributed by atoms with E-state index in [9.17, 15) is 18.3 Å². The topological polar surface area (TPSA) is 129 Å². The molecule has 0 spiro atoms. The Morgan fingerprint density at radius 1 is 1.05 bits per heavy atom. The van der Waals surface area contributed by atoms with Crippen LogP contribution in [0.3, 0.4) is 0 Å². The number of esters is 1. The first-order valence-electron chi connectivity index (χ1n) is 13.9. The summed E-state index contributed by atoms with van der Waals surface area (Å²) in [6, 6.07) is 21.7. The summed E-state index contributed by atoms with van der Waals surface area (Å²) in [7, 11) is -3.96. The van der Waals surface area contributed by atoms with E-state index in [2.05, 4.69) is 28.8 Å². The summed E-state index contributed by atoms with van der Waals surface area (Å²) >= 11 is 0. The number of aryl methyl sites for hydroxylation is 1. The molecule has 1 aromatic heterocycles. The third-order valence-electron chi connectivity index (χ3n) is 7.96. The third-order valence-corrected chi connectivity index (χ3v) is 9.25. The maximum Gasteiger partial charge on any atom is 0.338 e. The number of carbonyl (C=O) groups is 1. The molecule has 2 aliphatic rings. The number of aromatic nitrogens is 1. The van der Waals surface area contributed by atoms with Crippen molar-refractivity contribution >= 4 is 21.7 Å². The molecule has 0 bridgehead atoms. The van der Waals surface area contributed by atoms with Crippen molar-refractivity contribution in [2.45, 2.75) is 68.9 Å². The maximum absolute atomic E-state index is 13.5. The first-order chi connectivity index (χ1) is 19.7. The van der Waals surface area contributed by atoms with Crippen molar-refractivity contribution < 1.29 is 23.1 Å². The molecule has 0 radical (unpaired) electrons. The number of benzene rings is 2. The molecule has 1 aliphatic heterocycles. The summed E-state index contributed by atoms with van der Waals surface area (Å²) in [6.45, 7) is 2.05. The van der Waals surface area contributed by atoms with Gasteiger partial charge in [-0.1, -0.05) is 55.8 Å². The minimum Gasteiger partial charge on any atom is -0.512 e. The lowest BCUT2D eigenvalue weighted by atomic mass is 9.79. The number of aliphatic hydroxyl groups excluding tert-OH is 1. The molecule has 0 amide bonds. The van der Waals surface area contributed by atoms with Crippen molar-refractivity contribution in [1.29, 1.82) is 5.26 Å². The first kappa shape index (κ1) is 28.4. The van der Waals surface area contributed by atoms with Gasteiger partial charge in [0.25, 0.3) is 10.0 Å². The lowest BCUT2D eigenvalue weighted by molar-refractivity contribution is -0.161. The highest BCUT2D eigenvalue weighted by molar-refractivity contribution is 7.92. The fourth-order valence-electron chi connectivity index (χ4n) is 5.81. The second kappa shape index (κ2) is 11.4. The molecule has 5 rings (SSSR count). The van der Waals surface area contributed by atoms with Crippen LogP contribution in [0.25, 0.3) is 0 Å². The predicted molar refractivity (Wildman–Crippen MR) is 154 cm³/mol. The van der Waals surface area contributed by atoms with E-state index in [1.807, 2.05) is 30.3 Å². The number of nitrogens with one attached hydrogen (secondary N) is 1. The Morgan fingerprint density at radius 2 is 1.80 bits per heavy atom. The van der Waals surface area contributed by atoms with Crippen LogP contribution >= 0.6 is 0 Å². The predicted octanol–water partition coefficient (Wildman–Crippen LogP) is 6.01. The van der Waals surface area contributed by atoms with E-state index in [0.717, 1.165) is 36.8 Å². The summed E-state index contributed by atoms with van der Waals surface area (Å²) in [5.74, 6) is -0.333. The lowest BCUT2D eigenvalue weighted by Gasteiger charge is -2.39. The van der Waals surface area contributed by atoms with Crippen LogP contribution in [-0.4, -0.2) is 30.1 Å². The average molecular weight is 572 g/mol. The van der Waals surface area contributed by atoms with Crippen molar-refractivity contribution in [3.63, 3.8) is 0 Å². The van der Waals surface area contributed by atoms with Crippen LogP contribution in [0.1, 0.15) is 62.1 Å². The third kappa shape index (κ3) is 6.28. The largest absolute Gasteiger partial charge is 0.512 e. The molecular formula is C32H33N3O5S. The van der Waals surface area contributed by atoms with Crippen LogP contribution in [0, 0.1) is 16.7 Å². The molecule has 2 N–H and O–H groups in total. The Balaban J connectivity index is 1.33. The summed E-state index contributed by atoms with van der Waals surface area (Å²) in [6.07, 6.45) is 6.34. The van der Waals surface area contributed by atoms with Crippen LogP contribution < -0.4 is 4.72 Å². The summed E-state index contributed by atoms with van der Waals surface area (Å²) in [5, 5.41) is 20.0. The zero-order valence-corrected chi connectivity index (χ0v) is 23.8. The molecule has 1 saturated carbocycles. The van der Waals surface area contributed by atoms with Gasteiger partial charge in [-0.05, 0) is 73.9 Å². The zero-order valence-electron chi connectivity index (χ0n) is 23.0. The van der Waals surface area contributed by atoms with Gasteiger partial charge in [-0.25, -0.2) is 9.78 Å². The van der Waals surface area contributed by atoms with E-state index in [4.69, 9.17) is 10.00 Å². The Bertz CT molecular complexity index is 1610. The maximum atomic E-state index is 13.5. The molecule has 0 saturated heterocycles.